The third-order valence-electron chi connectivity index (χ3n) is 5.40. The van der Waals surface area contributed by atoms with Crippen LogP contribution in [0.3, 0.4) is 0 Å². The minimum atomic E-state index is -1.35. The van der Waals surface area contributed by atoms with E-state index in [2.05, 4.69) is 0 Å². The molecule has 3 aromatic rings. The van der Waals surface area contributed by atoms with Crippen molar-refractivity contribution in [2.45, 2.75) is 37.7 Å². The molecule has 0 saturated carbocycles. The topological polar surface area (TPSA) is 177 Å². The first-order valence-corrected chi connectivity index (χ1v) is 11.3. The Morgan fingerprint density at radius 2 is 1.81 bits per heavy atom. The molecule has 4 rings (SSSR count). The third kappa shape index (κ3) is 6.46. The minimum Gasteiger partial charge on any atom is -0.488 e. The number of nitrogens with two attached hydrogens (primary N) is 1. The highest BCUT2D eigenvalue weighted by molar-refractivity contribution is 6.68. The Labute approximate surface area is 210 Å². The van der Waals surface area contributed by atoms with Gasteiger partial charge in [0.25, 0.3) is 10.8 Å². The van der Waals surface area contributed by atoms with Gasteiger partial charge in [-0.3, -0.25) is 19.1 Å². The first-order valence-electron chi connectivity index (χ1n) is 10.9. The van der Waals surface area contributed by atoms with Crippen molar-refractivity contribution in [2.75, 3.05) is 6.61 Å². The molecule has 1 fully saturated rings. The molecule has 0 unspecified atom stereocenters. The second kappa shape index (κ2) is 12.6. The Morgan fingerprint density at radius 3 is 2.39 bits per heavy atom. The van der Waals surface area contributed by atoms with Crippen LogP contribution in [0, 0.1) is 0 Å². The molecule has 2 aromatic carbocycles. The number of nitrogens with one attached hydrogen (secondary N) is 1. The van der Waals surface area contributed by atoms with E-state index >= 15 is 0 Å². The van der Waals surface area contributed by atoms with Crippen LogP contribution in [-0.4, -0.2) is 55.0 Å². The molecule has 1 aromatic heterocycles. The summed E-state index contributed by atoms with van der Waals surface area (Å²) in [6.07, 6.45) is -3.58. The van der Waals surface area contributed by atoms with Crippen LogP contribution in [0.1, 0.15) is 27.7 Å². The number of carbonyl (C=O) groups excluding carboxylic acids is 1. The van der Waals surface area contributed by atoms with Gasteiger partial charge in [0.05, 0.1) is 12.2 Å². The van der Waals surface area contributed by atoms with Crippen molar-refractivity contribution in [3.05, 3.63) is 98.3 Å². The maximum Gasteiger partial charge on any atom is 0.330 e. The molecule has 0 spiro atoms. The zero-order valence-corrected chi connectivity index (χ0v) is 19.7. The molecule has 0 amide bonds. The lowest BCUT2D eigenvalue weighted by Crippen LogP contribution is -2.37. The number of hydrogen-bond donors (Lipinski definition) is 5. The SMILES string of the molecule is NCc1cccc(C(=O)Cl)c1OCc1ccccc1.O=c1ccn([C@@H]2O[C@H](CO)[C@@H](O)[C@H]2O)c(=O)[nH]1. The van der Waals surface area contributed by atoms with Gasteiger partial charge in [-0.25, -0.2) is 4.79 Å². The number of H-pyrrole nitrogens is 1. The third-order valence-corrected chi connectivity index (χ3v) is 5.60. The van der Waals surface area contributed by atoms with Crippen molar-refractivity contribution in [1.29, 1.82) is 0 Å². The molecular weight excluding hydrogens is 494 g/mol. The van der Waals surface area contributed by atoms with E-state index in [-0.39, 0.29) is 0 Å². The number of nitrogens with zero attached hydrogens (tertiary/aromatic N) is 1. The Kier molecular flexibility index (Phi) is 9.53. The van der Waals surface area contributed by atoms with Gasteiger partial charge < -0.3 is 30.5 Å². The van der Waals surface area contributed by atoms with Crippen molar-refractivity contribution in [2.24, 2.45) is 5.73 Å². The van der Waals surface area contributed by atoms with E-state index in [0.717, 1.165) is 28.0 Å². The van der Waals surface area contributed by atoms with Crippen LogP contribution in [0.4, 0.5) is 0 Å². The van der Waals surface area contributed by atoms with Crippen LogP contribution in [-0.2, 0) is 17.9 Å². The predicted molar refractivity (Wildman–Crippen MR) is 130 cm³/mol. The predicted octanol–water partition coefficient (Wildman–Crippen LogP) is 0.251. The maximum atomic E-state index is 11.4. The van der Waals surface area contributed by atoms with E-state index in [4.69, 9.17) is 31.9 Å². The second-order valence-corrected chi connectivity index (χ2v) is 8.14. The average molecular weight is 520 g/mol. The fraction of sp³-hybridized carbons (Fsp3) is 0.292. The smallest absolute Gasteiger partial charge is 0.330 e. The molecule has 12 heteroatoms. The Bertz CT molecular complexity index is 1280. The second-order valence-electron chi connectivity index (χ2n) is 7.79. The number of hydrogen-bond acceptors (Lipinski definition) is 9. The summed E-state index contributed by atoms with van der Waals surface area (Å²) in [5.74, 6) is 0.467. The first kappa shape index (κ1) is 27.3. The van der Waals surface area contributed by atoms with Crippen molar-refractivity contribution >= 4 is 16.8 Å². The molecule has 0 bridgehead atoms. The van der Waals surface area contributed by atoms with Gasteiger partial charge in [-0.05, 0) is 23.2 Å². The van der Waals surface area contributed by atoms with E-state index in [1.807, 2.05) is 41.4 Å². The Balaban J connectivity index is 0.000000202. The average Bonchev–Trinajstić information content (AvgIpc) is 3.16. The van der Waals surface area contributed by atoms with E-state index in [9.17, 15) is 24.6 Å². The van der Waals surface area contributed by atoms with E-state index in [1.165, 1.54) is 0 Å². The lowest BCUT2D eigenvalue weighted by Gasteiger charge is -2.16. The number of carbonyl (C=O) groups is 1. The van der Waals surface area contributed by atoms with Gasteiger partial charge in [-0.1, -0.05) is 42.5 Å². The normalized spacial score (nSPS) is 20.9. The number of aromatic amines is 1. The Morgan fingerprint density at radius 1 is 1.08 bits per heavy atom. The summed E-state index contributed by atoms with van der Waals surface area (Å²) in [5.41, 5.74) is 6.46. The summed E-state index contributed by atoms with van der Waals surface area (Å²) in [6.45, 7) is 0.185. The molecule has 192 valence electrons. The molecule has 2 heterocycles. The van der Waals surface area contributed by atoms with Crippen LogP contribution in [0.15, 0.2) is 70.4 Å². The molecule has 0 aliphatic carbocycles. The van der Waals surface area contributed by atoms with E-state index in [0.29, 0.717) is 24.5 Å². The molecule has 36 heavy (non-hydrogen) atoms. The maximum absolute atomic E-state index is 11.4. The van der Waals surface area contributed by atoms with Crippen molar-refractivity contribution in [3.63, 3.8) is 0 Å². The zero-order chi connectivity index (χ0) is 26.2. The van der Waals surface area contributed by atoms with Crippen LogP contribution < -0.4 is 21.7 Å². The summed E-state index contributed by atoms with van der Waals surface area (Å²) in [5, 5.41) is 27.5. The zero-order valence-electron chi connectivity index (χ0n) is 19.0. The molecule has 0 radical (unpaired) electrons. The molecule has 11 nitrogen and oxygen atoms in total. The van der Waals surface area contributed by atoms with Gasteiger partial charge in [-0.15, -0.1) is 0 Å². The highest BCUT2D eigenvalue weighted by Gasteiger charge is 2.43. The van der Waals surface area contributed by atoms with Crippen molar-refractivity contribution in [1.82, 2.24) is 9.55 Å². The van der Waals surface area contributed by atoms with Gasteiger partial charge >= 0.3 is 5.69 Å². The summed E-state index contributed by atoms with van der Waals surface area (Å²) in [4.78, 5) is 35.7. The number of rotatable bonds is 7. The Hall–Kier alpha value is -3.32. The number of aromatic nitrogens is 2. The summed E-state index contributed by atoms with van der Waals surface area (Å²) >= 11 is 5.56. The fourth-order valence-electron chi connectivity index (χ4n) is 3.54. The van der Waals surface area contributed by atoms with Crippen LogP contribution in [0.2, 0.25) is 0 Å². The largest absolute Gasteiger partial charge is 0.488 e. The van der Waals surface area contributed by atoms with Gasteiger partial charge in [0.15, 0.2) is 6.23 Å². The number of aliphatic hydroxyl groups is 3. The number of halogens is 1. The van der Waals surface area contributed by atoms with E-state index < -0.39 is 47.6 Å². The van der Waals surface area contributed by atoms with Crippen molar-refractivity contribution in [3.8, 4) is 5.75 Å². The standard InChI is InChI=1S/C15H14ClNO2.C9H12N2O6/c16-15(18)13-8-4-7-12(9-17)14(13)19-10-11-5-2-1-3-6-11;12-3-4-6(14)7(15)8(17-4)11-2-1-5(13)10-9(11)16/h1-8H,9-10,17H2;1-2,4,6-8,12,14-15H,3H2,(H,10,13,16)/t;4-,6-,7-,8-/m.1/s1. The van der Waals surface area contributed by atoms with Crippen LogP contribution in [0.25, 0.3) is 0 Å². The fourth-order valence-corrected chi connectivity index (χ4v) is 3.69. The van der Waals surface area contributed by atoms with Gasteiger partial charge in [0, 0.05) is 24.4 Å². The van der Waals surface area contributed by atoms with Gasteiger partial charge in [-0.2, -0.15) is 0 Å². The lowest BCUT2D eigenvalue weighted by atomic mass is 10.1. The highest BCUT2D eigenvalue weighted by atomic mass is 35.5. The molecular formula is C24H26ClN3O8. The molecule has 6 N–H and O–H groups in total. The minimum absolute atomic E-state index is 0.294. The summed E-state index contributed by atoms with van der Waals surface area (Å²) < 4.78 is 11.8. The van der Waals surface area contributed by atoms with Crippen LogP contribution >= 0.6 is 11.6 Å². The molecule has 1 aliphatic heterocycles. The molecule has 1 saturated heterocycles. The highest BCUT2D eigenvalue weighted by Crippen LogP contribution is 2.28. The van der Waals surface area contributed by atoms with Crippen molar-refractivity contribution < 1.29 is 29.6 Å². The number of para-hydroxylation sites is 1. The van der Waals surface area contributed by atoms with E-state index in [1.54, 1.807) is 12.1 Å². The molecule has 4 atom stereocenters. The quantitative estimate of drug-likeness (QED) is 0.274. The molecule has 1 aliphatic rings. The summed E-state index contributed by atoms with van der Waals surface area (Å²) in [7, 11) is 0. The number of benzene rings is 2. The van der Waals surface area contributed by atoms with Gasteiger partial charge in [0.1, 0.15) is 30.7 Å². The number of aliphatic hydroxyl groups excluding tert-OH is 3. The first-order chi connectivity index (χ1) is 17.3. The monoisotopic (exact) mass is 519 g/mol. The van der Waals surface area contributed by atoms with Gasteiger partial charge in [0.2, 0.25) is 0 Å². The number of ether oxygens (including phenoxy) is 2. The lowest BCUT2D eigenvalue weighted by molar-refractivity contribution is -0.0550. The van der Waals surface area contributed by atoms with Crippen LogP contribution in [0.5, 0.6) is 5.75 Å². The summed E-state index contributed by atoms with van der Waals surface area (Å²) in [6, 6.07) is 16.0.